The van der Waals surface area contributed by atoms with Crippen LogP contribution in [-0.2, 0) is 9.53 Å². The fraction of sp³-hybridized carbons (Fsp3) is 0.273. The zero-order valence-electron chi connectivity index (χ0n) is 9.14. The lowest BCUT2D eigenvalue weighted by atomic mass is 10.3. The number of methoxy groups -OCH3 is 1. The van der Waals surface area contributed by atoms with Gasteiger partial charge in [0.05, 0.1) is 18.1 Å². The summed E-state index contributed by atoms with van der Waals surface area (Å²) >= 11 is 4.75. The van der Waals surface area contributed by atoms with E-state index < -0.39 is 0 Å². The number of imidazole rings is 1. The van der Waals surface area contributed by atoms with Crippen LogP contribution in [0.1, 0.15) is 0 Å². The first kappa shape index (κ1) is 12.4. The number of aromatic amines is 1. The van der Waals surface area contributed by atoms with Crippen LogP contribution in [0.25, 0.3) is 11.0 Å². The Balaban J connectivity index is 2.01. The van der Waals surface area contributed by atoms with Gasteiger partial charge in [-0.2, -0.15) is 0 Å². The number of para-hydroxylation sites is 2. The second kappa shape index (κ2) is 5.55. The number of carbonyl (C=O) groups excluding carboxylic acids is 1. The highest BCUT2D eigenvalue weighted by molar-refractivity contribution is 9.10. The molecule has 0 radical (unpaired) electrons. The van der Waals surface area contributed by atoms with Crippen LogP contribution in [0.5, 0.6) is 0 Å². The molecule has 0 bridgehead atoms. The normalized spacial score (nSPS) is 12.6. The van der Waals surface area contributed by atoms with Crippen LogP contribution in [0.4, 0.5) is 0 Å². The summed E-state index contributed by atoms with van der Waals surface area (Å²) in [5.74, 6) is 0.306. The van der Waals surface area contributed by atoms with E-state index in [9.17, 15) is 4.79 Å². The Labute approximate surface area is 111 Å². The molecule has 2 rings (SSSR count). The molecule has 6 heteroatoms. The molecule has 0 aliphatic heterocycles. The quantitative estimate of drug-likeness (QED) is 0.535. The van der Waals surface area contributed by atoms with Crippen LogP contribution in [-0.4, -0.2) is 33.6 Å². The number of fused-ring (bicyclic) bond motifs is 1. The molecule has 4 nitrogen and oxygen atoms in total. The van der Waals surface area contributed by atoms with Gasteiger partial charge in [0.1, 0.15) is 4.83 Å². The third-order valence-corrected chi connectivity index (χ3v) is 4.28. The Morgan fingerprint density at radius 2 is 2.35 bits per heavy atom. The van der Waals surface area contributed by atoms with Crippen LogP contribution >= 0.6 is 27.7 Å². The molecule has 1 aromatic heterocycles. The van der Waals surface area contributed by atoms with Gasteiger partial charge in [-0.3, -0.25) is 4.79 Å². The maximum Gasteiger partial charge on any atom is 0.320 e. The Hall–Kier alpha value is -1.01. The maximum absolute atomic E-state index is 11.2. The number of hydrogen-bond acceptors (Lipinski definition) is 4. The lowest BCUT2D eigenvalue weighted by molar-refractivity contribution is -0.139. The summed E-state index contributed by atoms with van der Waals surface area (Å²) in [6.07, 6.45) is 0. The number of rotatable bonds is 4. The van der Waals surface area contributed by atoms with Gasteiger partial charge < -0.3 is 9.72 Å². The maximum atomic E-state index is 11.2. The van der Waals surface area contributed by atoms with Crippen molar-refractivity contribution in [1.82, 2.24) is 9.97 Å². The van der Waals surface area contributed by atoms with E-state index in [2.05, 4.69) is 30.6 Å². The van der Waals surface area contributed by atoms with Gasteiger partial charge in [0, 0.05) is 5.75 Å². The summed E-state index contributed by atoms with van der Waals surface area (Å²) in [5, 5.41) is 0.805. The highest BCUT2D eigenvalue weighted by atomic mass is 79.9. The Morgan fingerprint density at radius 3 is 3.06 bits per heavy atom. The molecule has 0 saturated heterocycles. The molecule has 0 fully saturated rings. The van der Waals surface area contributed by atoms with Gasteiger partial charge in [-0.1, -0.05) is 39.8 Å². The van der Waals surface area contributed by atoms with Gasteiger partial charge in [-0.05, 0) is 12.1 Å². The number of thioether (sulfide) groups is 1. The molecule has 0 aliphatic carbocycles. The first-order valence-electron chi connectivity index (χ1n) is 5.00. The van der Waals surface area contributed by atoms with Gasteiger partial charge >= 0.3 is 5.97 Å². The van der Waals surface area contributed by atoms with Crippen LogP contribution in [0, 0.1) is 0 Å². The molecular formula is C11H11BrN2O2S. The number of aromatic nitrogens is 2. The number of halogens is 1. The second-order valence-electron chi connectivity index (χ2n) is 3.36. The predicted molar refractivity (Wildman–Crippen MR) is 71.5 cm³/mol. The fourth-order valence-electron chi connectivity index (χ4n) is 1.35. The number of benzene rings is 1. The van der Waals surface area contributed by atoms with E-state index in [4.69, 9.17) is 0 Å². The lowest BCUT2D eigenvalue weighted by Crippen LogP contribution is -2.17. The summed E-state index contributed by atoms with van der Waals surface area (Å²) in [6.45, 7) is 0. The highest BCUT2D eigenvalue weighted by Crippen LogP contribution is 2.21. The van der Waals surface area contributed by atoms with Crippen molar-refractivity contribution in [1.29, 1.82) is 0 Å². The minimum Gasteiger partial charge on any atom is -0.468 e. The van der Waals surface area contributed by atoms with Gasteiger partial charge in [-0.15, -0.1) is 0 Å². The molecule has 1 unspecified atom stereocenters. The van der Waals surface area contributed by atoms with Crippen LogP contribution in [0.3, 0.4) is 0 Å². The first-order chi connectivity index (χ1) is 8.20. The third-order valence-electron chi connectivity index (χ3n) is 2.19. The van der Waals surface area contributed by atoms with Gasteiger partial charge in [-0.25, -0.2) is 4.98 Å². The van der Waals surface area contributed by atoms with Crippen molar-refractivity contribution in [3.8, 4) is 0 Å². The molecule has 17 heavy (non-hydrogen) atoms. The van der Waals surface area contributed by atoms with Crippen molar-refractivity contribution >= 4 is 44.7 Å². The van der Waals surface area contributed by atoms with Gasteiger partial charge in [0.2, 0.25) is 0 Å². The molecule has 1 N–H and O–H groups in total. The van der Waals surface area contributed by atoms with Crippen molar-refractivity contribution in [2.75, 3.05) is 12.9 Å². The zero-order valence-corrected chi connectivity index (χ0v) is 11.5. The molecule has 90 valence electrons. The summed E-state index contributed by atoms with van der Waals surface area (Å²) in [5.41, 5.74) is 1.93. The summed E-state index contributed by atoms with van der Waals surface area (Å²) < 4.78 is 4.63. The average molecular weight is 315 g/mol. The van der Waals surface area contributed by atoms with E-state index >= 15 is 0 Å². The molecule has 0 aliphatic rings. The molecule has 1 atom stereocenters. The smallest absolute Gasteiger partial charge is 0.320 e. The van der Waals surface area contributed by atoms with Crippen molar-refractivity contribution in [2.24, 2.45) is 0 Å². The highest BCUT2D eigenvalue weighted by Gasteiger charge is 2.16. The number of nitrogens with zero attached hydrogens (tertiary/aromatic N) is 1. The van der Waals surface area contributed by atoms with E-state index in [-0.39, 0.29) is 10.8 Å². The van der Waals surface area contributed by atoms with Crippen LogP contribution in [0.2, 0.25) is 0 Å². The van der Waals surface area contributed by atoms with Gasteiger partial charge in [0.25, 0.3) is 0 Å². The fourth-order valence-corrected chi connectivity index (χ4v) is 2.71. The number of ether oxygens (including phenoxy) is 1. The first-order valence-corrected chi connectivity index (χ1v) is 6.90. The Morgan fingerprint density at radius 1 is 1.59 bits per heavy atom. The van der Waals surface area contributed by atoms with E-state index in [1.165, 1.54) is 18.9 Å². The van der Waals surface area contributed by atoms with Crippen molar-refractivity contribution in [3.05, 3.63) is 24.3 Å². The zero-order chi connectivity index (χ0) is 12.3. The van der Waals surface area contributed by atoms with Crippen molar-refractivity contribution in [2.45, 2.75) is 9.98 Å². The van der Waals surface area contributed by atoms with Gasteiger partial charge in [0.15, 0.2) is 5.16 Å². The number of hydrogen-bond donors (Lipinski definition) is 1. The lowest BCUT2D eigenvalue weighted by Gasteiger charge is -2.04. The Bertz CT molecular complexity index is 496. The largest absolute Gasteiger partial charge is 0.468 e. The molecule has 1 heterocycles. The standard InChI is InChI=1S/C11H11BrN2O2S/c1-16-10(15)7(12)6-17-11-13-8-4-2-3-5-9(8)14-11/h2-5,7H,6H2,1H3,(H,13,14). The number of nitrogens with one attached hydrogen (secondary N) is 1. The molecule has 2 aromatic rings. The van der Waals surface area contributed by atoms with E-state index in [1.807, 2.05) is 24.3 Å². The minimum atomic E-state index is -0.314. The van der Waals surface area contributed by atoms with Crippen molar-refractivity contribution < 1.29 is 9.53 Å². The topological polar surface area (TPSA) is 55.0 Å². The van der Waals surface area contributed by atoms with E-state index in [0.717, 1.165) is 16.2 Å². The molecule has 0 spiro atoms. The molecule has 0 amide bonds. The monoisotopic (exact) mass is 314 g/mol. The van der Waals surface area contributed by atoms with E-state index in [0.29, 0.717) is 5.75 Å². The number of esters is 1. The average Bonchev–Trinajstić information content (AvgIpc) is 2.77. The molecule has 1 aromatic carbocycles. The third kappa shape index (κ3) is 3.01. The second-order valence-corrected chi connectivity index (χ2v) is 5.47. The van der Waals surface area contributed by atoms with E-state index in [1.54, 1.807) is 0 Å². The summed E-state index contributed by atoms with van der Waals surface area (Å²) in [7, 11) is 1.38. The molecular weight excluding hydrogens is 304 g/mol. The summed E-state index contributed by atoms with van der Waals surface area (Å²) in [4.78, 5) is 18.5. The minimum absolute atomic E-state index is 0.270. The SMILES string of the molecule is COC(=O)C(Br)CSc1nc2ccccc2[nH]1. The number of carbonyl (C=O) groups is 1. The van der Waals surface area contributed by atoms with Crippen molar-refractivity contribution in [3.63, 3.8) is 0 Å². The predicted octanol–water partition coefficient (Wildman–Crippen LogP) is 2.59. The number of H-pyrrole nitrogens is 1. The molecule has 0 saturated carbocycles. The number of alkyl halides is 1. The van der Waals surface area contributed by atoms with Crippen LogP contribution < -0.4 is 0 Å². The van der Waals surface area contributed by atoms with Crippen LogP contribution in [0.15, 0.2) is 29.4 Å². The summed E-state index contributed by atoms with van der Waals surface area (Å²) in [6, 6.07) is 7.82. The Kier molecular flexibility index (Phi) is 4.06.